The van der Waals surface area contributed by atoms with Crippen LogP contribution in [0.1, 0.15) is 17.1 Å². The molecule has 0 saturated heterocycles. The zero-order valence-electron chi connectivity index (χ0n) is 13.0. The van der Waals surface area contributed by atoms with Gasteiger partial charge in [0.2, 0.25) is 0 Å². The van der Waals surface area contributed by atoms with Crippen molar-refractivity contribution in [2.45, 2.75) is 19.5 Å². The lowest BCUT2D eigenvalue weighted by Gasteiger charge is -2.25. The van der Waals surface area contributed by atoms with Crippen molar-refractivity contribution in [3.8, 4) is 17.0 Å². The molecular weight excluding hydrogens is 292 g/mol. The minimum atomic E-state index is 0.801. The summed E-state index contributed by atoms with van der Waals surface area (Å²) in [5, 5.41) is 4.29. The van der Waals surface area contributed by atoms with Gasteiger partial charge in [0.25, 0.3) is 0 Å². The Morgan fingerprint density at radius 3 is 3.17 bits per heavy atom. The predicted molar refractivity (Wildman–Crippen MR) is 84.9 cm³/mol. The molecule has 0 unspecified atom stereocenters. The summed E-state index contributed by atoms with van der Waals surface area (Å²) in [4.78, 5) is 9.81. The first-order valence-electron chi connectivity index (χ1n) is 7.66. The van der Waals surface area contributed by atoms with E-state index in [4.69, 9.17) is 9.26 Å². The van der Waals surface area contributed by atoms with E-state index in [0.717, 1.165) is 60.2 Å². The molecule has 0 bridgehead atoms. The fourth-order valence-electron chi connectivity index (χ4n) is 2.99. The Balaban J connectivity index is 1.61. The summed E-state index contributed by atoms with van der Waals surface area (Å²) in [5.74, 6) is 2.79. The van der Waals surface area contributed by atoms with Crippen LogP contribution in [-0.2, 0) is 19.5 Å². The molecule has 3 heterocycles. The van der Waals surface area contributed by atoms with Crippen LogP contribution in [0.25, 0.3) is 11.3 Å². The first-order chi connectivity index (χ1) is 11.3. The molecule has 6 heteroatoms. The van der Waals surface area contributed by atoms with Gasteiger partial charge in [-0.1, -0.05) is 17.3 Å². The highest BCUT2D eigenvalue weighted by atomic mass is 16.5. The van der Waals surface area contributed by atoms with E-state index in [1.54, 1.807) is 13.3 Å². The molecule has 2 aromatic heterocycles. The molecule has 0 spiro atoms. The Labute approximate surface area is 134 Å². The molecule has 3 aromatic rings. The number of imidazole rings is 1. The SMILES string of the molecule is COc1cccc(-c2noc3c2CN(Cc2ncc[nH]2)CC3)c1. The van der Waals surface area contributed by atoms with Crippen LogP contribution in [0, 0.1) is 0 Å². The summed E-state index contributed by atoms with van der Waals surface area (Å²) >= 11 is 0. The summed E-state index contributed by atoms with van der Waals surface area (Å²) in [5.41, 5.74) is 3.09. The quantitative estimate of drug-likeness (QED) is 0.802. The molecule has 6 nitrogen and oxygen atoms in total. The first kappa shape index (κ1) is 14.0. The highest BCUT2D eigenvalue weighted by Gasteiger charge is 2.25. The fourth-order valence-corrected chi connectivity index (χ4v) is 2.99. The van der Waals surface area contributed by atoms with Gasteiger partial charge in [-0.15, -0.1) is 0 Å². The van der Waals surface area contributed by atoms with Gasteiger partial charge in [0, 0.05) is 43.0 Å². The number of benzene rings is 1. The number of nitrogens with one attached hydrogen (secondary N) is 1. The van der Waals surface area contributed by atoms with E-state index in [1.807, 2.05) is 30.5 Å². The Bertz CT molecular complexity index is 795. The number of fused-ring (bicyclic) bond motifs is 1. The van der Waals surface area contributed by atoms with Crippen molar-refractivity contribution in [2.75, 3.05) is 13.7 Å². The number of H-pyrrole nitrogens is 1. The molecule has 0 radical (unpaired) electrons. The Hall–Kier alpha value is -2.60. The lowest BCUT2D eigenvalue weighted by atomic mass is 10.0. The van der Waals surface area contributed by atoms with Crippen LogP contribution in [0.3, 0.4) is 0 Å². The maximum atomic E-state index is 5.56. The van der Waals surface area contributed by atoms with E-state index in [1.165, 1.54) is 0 Å². The van der Waals surface area contributed by atoms with Crippen molar-refractivity contribution >= 4 is 0 Å². The highest BCUT2D eigenvalue weighted by molar-refractivity contribution is 5.65. The number of ether oxygens (including phenoxy) is 1. The van der Waals surface area contributed by atoms with Crippen LogP contribution in [0.15, 0.2) is 41.2 Å². The molecule has 1 N–H and O–H groups in total. The van der Waals surface area contributed by atoms with Gasteiger partial charge >= 0.3 is 0 Å². The van der Waals surface area contributed by atoms with Crippen LogP contribution in [-0.4, -0.2) is 33.7 Å². The van der Waals surface area contributed by atoms with Gasteiger partial charge in [-0.25, -0.2) is 4.98 Å². The lowest BCUT2D eigenvalue weighted by molar-refractivity contribution is 0.224. The van der Waals surface area contributed by atoms with Gasteiger partial charge < -0.3 is 14.2 Å². The summed E-state index contributed by atoms with van der Waals surface area (Å²) < 4.78 is 10.9. The second kappa shape index (κ2) is 5.89. The van der Waals surface area contributed by atoms with E-state index < -0.39 is 0 Å². The van der Waals surface area contributed by atoms with Crippen molar-refractivity contribution < 1.29 is 9.26 Å². The van der Waals surface area contributed by atoms with E-state index in [-0.39, 0.29) is 0 Å². The van der Waals surface area contributed by atoms with E-state index in [0.29, 0.717) is 0 Å². The molecule has 0 amide bonds. The third kappa shape index (κ3) is 2.73. The maximum absolute atomic E-state index is 5.56. The second-order valence-corrected chi connectivity index (χ2v) is 5.66. The fraction of sp³-hybridized carbons (Fsp3) is 0.294. The van der Waals surface area contributed by atoms with Crippen LogP contribution in [0.5, 0.6) is 5.75 Å². The molecule has 23 heavy (non-hydrogen) atoms. The van der Waals surface area contributed by atoms with E-state index in [2.05, 4.69) is 20.0 Å². The third-order valence-corrected chi connectivity index (χ3v) is 4.18. The van der Waals surface area contributed by atoms with Gasteiger partial charge in [0.15, 0.2) is 0 Å². The lowest BCUT2D eigenvalue weighted by Crippen LogP contribution is -2.30. The molecule has 1 aromatic carbocycles. The van der Waals surface area contributed by atoms with Gasteiger partial charge in [0.1, 0.15) is 23.0 Å². The Kier molecular flexibility index (Phi) is 3.59. The number of nitrogens with zero attached hydrogens (tertiary/aromatic N) is 3. The summed E-state index contributed by atoms with van der Waals surface area (Å²) in [6.45, 7) is 2.56. The van der Waals surface area contributed by atoms with Gasteiger partial charge in [-0.2, -0.15) is 0 Å². The van der Waals surface area contributed by atoms with Gasteiger partial charge in [0.05, 0.1) is 13.7 Å². The molecular formula is C17H18N4O2. The highest BCUT2D eigenvalue weighted by Crippen LogP contribution is 2.31. The van der Waals surface area contributed by atoms with Crippen LogP contribution in [0.4, 0.5) is 0 Å². The molecule has 0 atom stereocenters. The molecule has 1 aliphatic heterocycles. The Morgan fingerprint density at radius 1 is 1.39 bits per heavy atom. The van der Waals surface area contributed by atoms with Gasteiger partial charge in [-0.05, 0) is 12.1 Å². The first-order valence-corrected chi connectivity index (χ1v) is 7.66. The monoisotopic (exact) mass is 310 g/mol. The van der Waals surface area contributed by atoms with E-state index >= 15 is 0 Å². The van der Waals surface area contributed by atoms with Crippen molar-refractivity contribution in [1.29, 1.82) is 0 Å². The van der Waals surface area contributed by atoms with Crippen LogP contribution >= 0.6 is 0 Å². The number of rotatable bonds is 4. The Morgan fingerprint density at radius 2 is 2.35 bits per heavy atom. The zero-order valence-corrected chi connectivity index (χ0v) is 13.0. The van der Waals surface area contributed by atoms with Crippen molar-refractivity contribution in [2.24, 2.45) is 0 Å². The average molecular weight is 310 g/mol. The number of aromatic amines is 1. The smallest absolute Gasteiger partial charge is 0.143 e. The molecule has 118 valence electrons. The molecule has 4 rings (SSSR count). The number of methoxy groups -OCH3 is 1. The molecule has 0 aliphatic carbocycles. The van der Waals surface area contributed by atoms with Crippen molar-refractivity contribution in [1.82, 2.24) is 20.0 Å². The molecule has 1 aliphatic rings. The summed E-state index contributed by atoms with van der Waals surface area (Å²) in [7, 11) is 1.67. The summed E-state index contributed by atoms with van der Waals surface area (Å²) in [6, 6.07) is 7.92. The largest absolute Gasteiger partial charge is 0.497 e. The third-order valence-electron chi connectivity index (χ3n) is 4.18. The predicted octanol–water partition coefficient (Wildman–Crippen LogP) is 2.63. The van der Waals surface area contributed by atoms with Crippen molar-refractivity contribution in [3.05, 3.63) is 53.8 Å². The minimum absolute atomic E-state index is 0.801. The minimum Gasteiger partial charge on any atom is -0.497 e. The zero-order chi connectivity index (χ0) is 15.6. The van der Waals surface area contributed by atoms with Crippen LogP contribution in [0.2, 0.25) is 0 Å². The second-order valence-electron chi connectivity index (χ2n) is 5.66. The number of aromatic nitrogens is 3. The van der Waals surface area contributed by atoms with Crippen LogP contribution < -0.4 is 4.74 Å². The normalized spacial score (nSPS) is 14.7. The van der Waals surface area contributed by atoms with Gasteiger partial charge in [-0.3, -0.25) is 4.90 Å². The van der Waals surface area contributed by atoms with E-state index in [9.17, 15) is 0 Å². The molecule has 0 fully saturated rings. The maximum Gasteiger partial charge on any atom is 0.143 e. The summed E-state index contributed by atoms with van der Waals surface area (Å²) in [6.07, 6.45) is 4.50. The topological polar surface area (TPSA) is 67.2 Å². The average Bonchev–Trinajstić information content (AvgIpc) is 3.24. The number of hydrogen-bond acceptors (Lipinski definition) is 5. The van der Waals surface area contributed by atoms with Crippen molar-refractivity contribution in [3.63, 3.8) is 0 Å². The molecule has 0 saturated carbocycles. The number of hydrogen-bond donors (Lipinski definition) is 1. The standard InChI is InChI=1S/C17H18N4O2/c1-22-13-4-2-3-12(9-13)17-14-10-21(8-5-15(14)23-20-17)11-16-18-6-7-19-16/h2-4,6-7,9H,5,8,10-11H2,1H3,(H,18,19).